The van der Waals surface area contributed by atoms with Crippen molar-refractivity contribution >= 4 is 17.1 Å². The Bertz CT molecular complexity index is 560. The molecule has 82 valence electrons. The monoisotopic (exact) mass is 237 g/mol. The SMILES string of the molecule is O=C(Cn1cc(F)ccc1=O)c1cccs1. The highest BCUT2D eigenvalue weighted by atomic mass is 32.1. The molecule has 0 aliphatic heterocycles. The predicted molar refractivity (Wildman–Crippen MR) is 59.3 cm³/mol. The van der Waals surface area contributed by atoms with E-state index in [4.69, 9.17) is 0 Å². The van der Waals surface area contributed by atoms with Crippen LogP contribution in [0.5, 0.6) is 0 Å². The molecule has 0 amide bonds. The molecule has 16 heavy (non-hydrogen) atoms. The van der Waals surface area contributed by atoms with Crippen LogP contribution >= 0.6 is 11.3 Å². The number of carbonyl (C=O) groups excluding carboxylic acids is 1. The van der Waals surface area contributed by atoms with E-state index in [-0.39, 0.29) is 17.9 Å². The molecule has 0 N–H and O–H groups in total. The summed E-state index contributed by atoms with van der Waals surface area (Å²) in [5.74, 6) is -0.721. The van der Waals surface area contributed by atoms with Gasteiger partial charge in [-0.05, 0) is 17.5 Å². The summed E-state index contributed by atoms with van der Waals surface area (Å²) in [5, 5.41) is 1.78. The van der Waals surface area contributed by atoms with Gasteiger partial charge in [-0.15, -0.1) is 11.3 Å². The minimum Gasteiger partial charge on any atom is -0.305 e. The fourth-order valence-electron chi connectivity index (χ4n) is 1.30. The number of hydrogen-bond donors (Lipinski definition) is 0. The fourth-order valence-corrected chi connectivity index (χ4v) is 1.95. The van der Waals surface area contributed by atoms with Crippen LogP contribution < -0.4 is 5.56 Å². The molecule has 0 unspecified atom stereocenters. The molecular weight excluding hydrogens is 229 g/mol. The van der Waals surface area contributed by atoms with Crippen LogP contribution in [0.15, 0.2) is 40.6 Å². The minimum atomic E-state index is -0.529. The third-order valence-corrected chi connectivity index (χ3v) is 2.97. The van der Waals surface area contributed by atoms with E-state index >= 15 is 0 Å². The van der Waals surface area contributed by atoms with Gasteiger partial charge in [0.15, 0.2) is 5.78 Å². The van der Waals surface area contributed by atoms with Crippen molar-refractivity contribution in [2.45, 2.75) is 6.54 Å². The first-order chi connectivity index (χ1) is 7.66. The summed E-state index contributed by atoms with van der Waals surface area (Å²) in [4.78, 5) is 23.6. The van der Waals surface area contributed by atoms with Gasteiger partial charge in [-0.3, -0.25) is 9.59 Å². The van der Waals surface area contributed by atoms with Crippen molar-refractivity contribution in [3.8, 4) is 0 Å². The Morgan fingerprint density at radius 1 is 1.38 bits per heavy atom. The summed E-state index contributed by atoms with van der Waals surface area (Å²) in [6.45, 7) is -0.128. The first-order valence-corrected chi connectivity index (χ1v) is 5.47. The topological polar surface area (TPSA) is 39.1 Å². The van der Waals surface area contributed by atoms with E-state index in [0.717, 1.165) is 22.9 Å². The molecule has 5 heteroatoms. The third kappa shape index (κ3) is 2.25. The van der Waals surface area contributed by atoms with Crippen molar-refractivity contribution < 1.29 is 9.18 Å². The molecule has 0 aliphatic carbocycles. The van der Waals surface area contributed by atoms with Crippen LogP contribution in [0.1, 0.15) is 9.67 Å². The average molecular weight is 237 g/mol. The number of carbonyl (C=O) groups is 1. The molecule has 0 aromatic carbocycles. The van der Waals surface area contributed by atoms with Gasteiger partial charge in [0.2, 0.25) is 0 Å². The van der Waals surface area contributed by atoms with E-state index in [1.165, 1.54) is 11.3 Å². The molecule has 2 aromatic rings. The fraction of sp³-hybridized carbons (Fsp3) is 0.0909. The third-order valence-electron chi connectivity index (χ3n) is 2.06. The summed E-state index contributed by atoms with van der Waals surface area (Å²) in [5.41, 5.74) is -0.383. The van der Waals surface area contributed by atoms with Crippen molar-refractivity contribution in [2.75, 3.05) is 0 Å². The lowest BCUT2D eigenvalue weighted by Crippen LogP contribution is -2.23. The molecule has 2 rings (SSSR count). The van der Waals surface area contributed by atoms with Gasteiger partial charge in [0.1, 0.15) is 5.82 Å². The Balaban J connectivity index is 2.25. The van der Waals surface area contributed by atoms with Gasteiger partial charge in [-0.25, -0.2) is 4.39 Å². The molecule has 0 spiro atoms. The number of pyridine rings is 1. The highest BCUT2D eigenvalue weighted by molar-refractivity contribution is 7.12. The van der Waals surface area contributed by atoms with E-state index in [9.17, 15) is 14.0 Å². The van der Waals surface area contributed by atoms with Crippen LogP contribution in [0.25, 0.3) is 0 Å². The quantitative estimate of drug-likeness (QED) is 0.765. The summed E-state index contributed by atoms with van der Waals surface area (Å²) >= 11 is 1.30. The Labute approximate surface area is 94.8 Å². The minimum absolute atomic E-state index is 0.128. The number of ketones is 1. The summed E-state index contributed by atoms with van der Waals surface area (Å²) < 4.78 is 13.9. The molecular formula is C11H8FNO2S. The van der Waals surface area contributed by atoms with Crippen LogP contribution in [-0.2, 0) is 6.54 Å². The standard InChI is InChI=1S/C11H8FNO2S/c12-8-3-4-11(15)13(6-8)7-9(14)10-2-1-5-16-10/h1-6H,7H2. The Morgan fingerprint density at radius 2 is 2.19 bits per heavy atom. The van der Waals surface area contributed by atoms with Crippen LogP contribution in [0, 0.1) is 5.82 Å². The van der Waals surface area contributed by atoms with E-state index in [0.29, 0.717) is 4.88 Å². The normalized spacial score (nSPS) is 10.3. The predicted octanol–water partition coefficient (Wildman–Crippen LogP) is 1.93. The van der Waals surface area contributed by atoms with Gasteiger partial charge in [0.25, 0.3) is 5.56 Å². The highest BCUT2D eigenvalue weighted by Crippen LogP contribution is 2.09. The van der Waals surface area contributed by atoms with E-state index in [1.807, 2.05) is 0 Å². The second-order valence-electron chi connectivity index (χ2n) is 3.21. The van der Waals surface area contributed by atoms with Gasteiger partial charge in [-0.2, -0.15) is 0 Å². The molecule has 0 radical (unpaired) electrons. The molecule has 0 saturated carbocycles. The van der Waals surface area contributed by atoms with Crippen molar-refractivity contribution in [2.24, 2.45) is 0 Å². The summed E-state index contributed by atoms with van der Waals surface area (Å²) in [6.07, 6.45) is 1.04. The first kappa shape index (κ1) is 10.8. The average Bonchev–Trinajstić information content (AvgIpc) is 2.76. The van der Waals surface area contributed by atoms with Crippen molar-refractivity contribution in [3.05, 3.63) is 56.9 Å². The Morgan fingerprint density at radius 3 is 2.88 bits per heavy atom. The number of rotatable bonds is 3. The second-order valence-corrected chi connectivity index (χ2v) is 4.16. The van der Waals surface area contributed by atoms with Gasteiger partial charge in [-0.1, -0.05) is 6.07 Å². The second kappa shape index (κ2) is 4.40. The number of aromatic nitrogens is 1. The van der Waals surface area contributed by atoms with Gasteiger partial charge >= 0.3 is 0 Å². The maximum Gasteiger partial charge on any atom is 0.251 e. The summed E-state index contributed by atoms with van der Waals surface area (Å²) in [7, 11) is 0. The number of Topliss-reactive ketones (excluding diaryl/α,β-unsaturated/α-hetero) is 1. The first-order valence-electron chi connectivity index (χ1n) is 4.59. The Kier molecular flexibility index (Phi) is 2.96. The number of halogens is 1. The van der Waals surface area contributed by atoms with Crippen molar-refractivity contribution in [1.29, 1.82) is 0 Å². The lowest BCUT2D eigenvalue weighted by atomic mass is 10.3. The lowest BCUT2D eigenvalue weighted by Gasteiger charge is -2.02. The molecule has 0 saturated heterocycles. The van der Waals surface area contributed by atoms with Crippen LogP contribution in [0.2, 0.25) is 0 Å². The lowest BCUT2D eigenvalue weighted by molar-refractivity contribution is 0.0974. The molecule has 2 aromatic heterocycles. The molecule has 2 heterocycles. The Hall–Kier alpha value is -1.75. The van der Waals surface area contributed by atoms with E-state index in [2.05, 4.69) is 0 Å². The van der Waals surface area contributed by atoms with Gasteiger partial charge in [0.05, 0.1) is 11.4 Å². The smallest absolute Gasteiger partial charge is 0.251 e. The van der Waals surface area contributed by atoms with Crippen molar-refractivity contribution in [3.63, 3.8) is 0 Å². The van der Waals surface area contributed by atoms with Gasteiger partial charge < -0.3 is 4.57 Å². The number of nitrogens with zero attached hydrogens (tertiary/aromatic N) is 1. The molecule has 0 atom stereocenters. The van der Waals surface area contributed by atoms with Crippen LogP contribution in [0.4, 0.5) is 4.39 Å². The largest absolute Gasteiger partial charge is 0.305 e. The maximum absolute atomic E-state index is 12.9. The van der Waals surface area contributed by atoms with Crippen LogP contribution in [-0.4, -0.2) is 10.4 Å². The zero-order valence-corrected chi connectivity index (χ0v) is 9.04. The highest BCUT2D eigenvalue weighted by Gasteiger charge is 2.08. The van der Waals surface area contributed by atoms with E-state index < -0.39 is 5.82 Å². The molecule has 0 aliphatic rings. The molecule has 0 bridgehead atoms. The summed E-state index contributed by atoms with van der Waals surface area (Å²) in [6, 6.07) is 5.62. The van der Waals surface area contributed by atoms with Crippen LogP contribution in [0.3, 0.4) is 0 Å². The zero-order chi connectivity index (χ0) is 11.5. The maximum atomic E-state index is 12.9. The van der Waals surface area contributed by atoms with Gasteiger partial charge in [0, 0.05) is 12.3 Å². The molecule has 3 nitrogen and oxygen atoms in total. The number of thiophene rings is 1. The van der Waals surface area contributed by atoms with Crippen molar-refractivity contribution in [1.82, 2.24) is 4.57 Å². The van der Waals surface area contributed by atoms with E-state index in [1.54, 1.807) is 17.5 Å². The number of hydrogen-bond acceptors (Lipinski definition) is 3. The molecule has 0 fully saturated rings. The zero-order valence-electron chi connectivity index (χ0n) is 8.22.